The second-order valence-corrected chi connectivity index (χ2v) is 8.23. The molecule has 0 saturated heterocycles. The Balaban J connectivity index is 1.39. The molecule has 1 aromatic heterocycles. The van der Waals surface area contributed by atoms with Gasteiger partial charge in [0.1, 0.15) is 17.8 Å². The number of para-hydroxylation sites is 2. The number of nitrogens with one attached hydrogen (secondary N) is 2. The molecule has 1 atom stereocenters. The van der Waals surface area contributed by atoms with Crippen molar-refractivity contribution in [2.75, 3.05) is 16.4 Å². The maximum Gasteiger partial charge on any atom is 0.258 e. The summed E-state index contributed by atoms with van der Waals surface area (Å²) in [5.41, 5.74) is 15.7. The van der Waals surface area contributed by atoms with Crippen LogP contribution in [0.4, 0.5) is 21.5 Å². The van der Waals surface area contributed by atoms with Crippen LogP contribution in [-0.2, 0) is 6.42 Å². The number of allylic oxidation sites excluding steroid dienone is 2. The van der Waals surface area contributed by atoms with Crippen molar-refractivity contribution in [2.24, 2.45) is 10.7 Å². The maximum absolute atomic E-state index is 14.6. The van der Waals surface area contributed by atoms with Crippen LogP contribution in [0, 0.1) is 12.7 Å². The van der Waals surface area contributed by atoms with Crippen molar-refractivity contribution in [2.45, 2.75) is 32.9 Å². The first-order chi connectivity index (χ1) is 16.8. The number of benzene rings is 2. The molecule has 0 aliphatic carbocycles. The molecule has 9 heteroatoms. The van der Waals surface area contributed by atoms with E-state index >= 15 is 0 Å². The number of imidazole rings is 1. The average molecular weight is 474 g/mol. The molecule has 1 aliphatic heterocycles. The molecule has 35 heavy (non-hydrogen) atoms. The van der Waals surface area contributed by atoms with Gasteiger partial charge in [0.15, 0.2) is 0 Å². The summed E-state index contributed by atoms with van der Waals surface area (Å²) in [6.45, 7) is 3.76. The van der Waals surface area contributed by atoms with Crippen LogP contribution in [0.25, 0.3) is 11.9 Å². The first-order valence-corrected chi connectivity index (χ1v) is 11.3. The number of nitrogens with zero attached hydrogens (tertiary/aromatic N) is 3. The molecule has 1 amide bonds. The third-order valence-electron chi connectivity index (χ3n) is 5.58. The highest BCUT2D eigenvalue weighted by Gasteiger charge is 2.16. The number of nitrogens with two attached hydrogens (primary N) is 2. The Morgan fingerprint density at radius 2 is 2.09 bits per heavy atom. The van der Waals surface area contributed by atoms with Crippen LogP contribution in [0.15, 0.2) is 59.6 Å². The summed E-state index contributed by atoms with van der Waals surface area (Å²) in [6, 6.07) is 11.1. The second-order valence-electron chi connectivity index (χ2n) is 8.23. The molecular weight excluding hydrogens is 445 g/mol. The van der Waals surface area contributed by atoms with Crippen molar-refractivity contribution in [3.63, 3.8) is 0 Å². The van der Waals surface area contributed by atoms with E-state index in [0.29, 0.717) is 22.8 Å². The summed E-state index contributed by atoms with van der Waals surface area (Å²) < 4.78 is 16.6. The van der Waals surface area contributed by atoms with E-state index < -0.39 is 11.7 Å². The smallest absolute Gasteiger partial charge is 0.258 e. The zero-order chi connectivity index (χ0) is 24.9. The number of aromatic nitrogens is 2. The summed E-state index contributed by atoms with van der Waals surface area (Å²) in [4.78, 5) is 21.5. The lowest BCUT2D eigenvalue weighted by molar-refractivity contribution is 0.102. The number of aryl methyl sites for hydroxylation is 2. The van der Waals surface area contributed by atoms with Gasteiger partial charge in [0.05, 0.1) is 34.0 Å². The van der Waals surface area contributed by atoms with Crippen LogP contribution in [0.1, 0.15) is 40.9 Å². The molecule has 1 aliphatic rings. The Kier molecular flexibility index (Phi) is 6.96. The standard InChI is InChI=1S/C26H28FN7O/c1-16-25(34-14-6-5-9-24(34)31-16)22(29)12-13-30-17(2)32-18-10-11-19(20(27)15-18)26(35)33-23-8-4-3-7-21(23)28/h3-4,6-8,10-15,17,32H,5,9,28-29H2,1-2H3,(H,33,35)/b22-12-,30-13-. The number of hydrogen-bond acceptors (Lipinski definition) is 6. The van der Waals surface area contributed by atoms with Crippen molar-refractivity contribution < 1.29 is 9.18 Å². The fraction of sp³-hybridized carbons (Fsp3) is 0.192. The van der Waals surface area contributed by atoms with Gasteiger partial charge < -0.3 is 26.7 Å². The van der Waals surface area contributed by atoms with E-state index in [1.54, 1.807) is 42.6 Å². The van der Waals surface area contributed by atoms with Crippen LogP contribution in [0.3, 0.4) is 0 Å². The Labute approximate surface area is 203 Å². The molecule has 6 N–H and O–H groups in total. The van der Waals surface area contributed by atoms with Crippen molar-refractivity contribution in [1.29, 1.82) is 0 Å². The Morgan fingerprint density at radius 3 is 2.86 bits per heavy atom. The zero-order valence-electron chi connectivity index (χ0n) is 19.6. The van der Waals surface area contributed by atoms with Crippen molar-refractivity contribution in [3.8, 4) is 0 Å². The Hall–Kier alpha value is -4.40. The fourth-order valence-electron chi connectivity index (χ4n) is 3.88. The quantitative estimate of drug-likeness (QED) is 0.299. The van der Waals surface area contributed by atoms with Gasteiger partial charge in [-0.3, -0.25) is 9.79 Å². The lowest BCUT2D eigenvalue weighted by atomic mass is 10.1. The van der Waals surface area contributed by atoms with Crippen LogP contribution in [0.5, 0.6) is 0 Å². The molecule has 0 spiro atoms. The molecule has 8 nitrogen and oxygen atoms in total. The van der Waals surface area contributed by atoms with Crippen molar-refractivity contribution in [3.05, 3.63) is 83.2 Å². The highest BCUT2D eigenvalue weighted by Crippen LogP contribution is 2.22. The molecule has 3 aromatic rings. The number of rotatable bonds is 7. The van der Waals surface area contributed by atoms with E-state index in [2.05, 4.69) is 26.7 Å². The highest BCUT2D eigenvalue weighted by atomic mass is 19.1. The SMILES string of the molecule is Cc1nc2n(c1/C(N)=C/C=N\C(C)Nc1ccc(C(=O)Nc3ccccc3N)c(F)c1)C=CCC2. The van der Waals surface area contributed by atoms with Crippen LogP contribution in [0.2, 0.25) is 0 Å². The molecule has 0 fully saturated rings. The summed E-state index contributed by atoms with van der Waals surface area (Å²) in [5, 5.41) is 5.71. The lowest BCUT2D eigenvalue weighted by Crippen LogP contribution is -2.16. The predicted octanol–water partition coefficient (Wildman–Crippen LogP) is 4.41. The van der Waals surface area contributed by atoms with Gasteiger partial charge in [0.2, 0.25) is 0 Å². The van der Waals surface area contributed by atoms with Gasteiger partial charge in [-0.2, -0.15) is 0 Å². The first-order valence-electron chi connectivity index (χ1n) is 11.3. The van der Waals surface area contributed by atoms with Gasteiger partial charge >= 0.3 is 0 Å². The number of hydrogen-bond donors (Lipinski definition) is 4. The third kappa shape index (κ3) is 5.40. The van der Waals surface area contributed by atoms with Gasteiger partial charge in [-0.25, -0.2) is 9.37 Å². The van der Waals surface area contributed by atoms with Crippen LogP contribution >= 0.6 is 0 Å². The monoisotopic (exact) mass is 473 g/mol. The number of anilines is 3. The highest BCUT2D eigenvalue weighted by molar-refractivity contribution is 6.06. The zero-order valence-corrected chi connectivity index (χ0v) is 19.6. The summed E-state index contributed by atoms with van der Waals surface area (Å²) >= 11 is 0. The largest absolute Gasteiger partial charge is 0.397 e. The molecule has 0 radical (unpaired) electrons. The van der Waals surface area contributed by atoms with Gasteiger partial charge in [-0.1, -0.05) is 18.2 Å². The number of carbonyl (C=O) groups is 1. The molecule has 0 saturated carbocycles. The molecule has 180 valence electrons. The predicted molar refractivity (Wildman–Crippen MR) is 140 cm³/mol. The summed E-state index contributed by atoms with van der Waals surface area (Å²) in [5.74, 6) is -0.239. The third-order valence-corrected chi connectivity index (χ3v) is 5.58. The molecular formula is C26H28FN7O. The van der Waals surface area contributed by atoms with E-state index in [1.807, 2.05) is 24.6 Å². The second kappa shape index (κ2) is 10.3. The summed E-state index contributed by atoms with van der Waals surface area (Å²) in [7, 11) is 0. The molecule has 2 heterocycles. The van der Waals surface area contributed by atoms with Gasteiger partial charge in [-0.05, 0) is 56.7 Å². The average Bonchev–Trinajstić information content (AvgIpc) is 3.16. The van der Waals surface area contributed by atoms with Crippen molar-refractivity contribution >= 4 is 41.1 Å². The normalized spacial score (nSPS) is 14.1. The van der Waals surface area contributed by atoms with E-state index in [0.717, 1.165) is 30.1 Å². The molecule has 4 rings (SSSR count). The van der Waals surface area contributed by atoms with Gasteiger partial charge in [-0.15, -0.1) is 0 Å². The lowest BCUT2D eigenvalue weighted by Gasteiger charge is -2.13. The van der Waals surface area contributed by atoms with Crippen molar-refractivity contribution in [1.82, 2.24) is 9.55 Å². The number of amides is 1. The number of fused-ring (bicyclic) bond motifs is 1. The molecule has 2 aromatic carbocycles. The Bertz CT molecular complexity index is 1340. The number of carbonyl (C=O) groups excluding carboxylic acids is 1. The van der Waals surface area contributed by atoms with Crippen LogP contribution < -0.4 is 22.1 Å². The minimum absolute atomic E-state index is 0.0841. The van der Waals surface area contributed by atoms with Gasteiger partial charge in [0.25, 0.3) is 5.91 Å². The number of aliphatic imine (C=N–C) groups is 1. The summed E-state index contributed by atoms with van der Waals surface area (Å²) in [6.07, 6.45) is 8.92. The molecule has 1 unspecified atom stereocenters. The van der Waals surface area contributed by atoms with E-state index in [-0.39, 0.29) is 11.7 Å². The minimum atomic E-state index is -0.656. The van der Waals surface area contributed by atoms with E-state index in [9.17, 15) is 9.18 Å². The minimum Gasteiger partial charge on any atom is -0.397 e. The topological polar surface area (TPSA) is 123 Å². The van der Waals surface area contributed by atoms with Crippen LogP contribution in [-0.4, -0.2) is 27.8 Å². The van der Waals surface area contributed by atoms with E-state index in [4.69, 9.17) is 11.5 Å². The fourth-order valence-corrected chi connectivity index (χ4v) is 3.88. The number of nitrogen functional groups attached to an aromatic ring is 1. The Morgan fingerprint density at radius 1 is 1.29 bits per heavy atom. The van der Waals surface area contributed by atoms with Gasteiger partial charge in [0, 0.05) is 24.5 Å². The maximum atomic E-state index is 14.6. The first kappa shape index (κ1) is 23.7. The number of halogens is 1. The molecule has 0 bridgehead atoms. The van der Waals surface area contributed by atoms with E-state index in [1.165, 1.54) is 12.1 Å².